The van der Waals surface area contributed by atoms with Crippen molar-refractivity contribution < 1.29 is 4.42 Å². The molecule has 2 atom stereocenters. The van der Waals surface area contributed by atoms with Gasteiger partial charge in [0.1, 0.15) is 11.2 Å². The van der Waals surface area contributed by atoms with Gasteiger partial charge in [0.05, 0.1) is 11.4 Å². The number of rotatable bonds is 8. The molecule has 294 valence electrons. The minimum absolute atomic E-state index is 0. The Hall–Kier alpha value is -6.64. The second-order valence-electron chi connectivity index (χ2n) is 16.7. The molecule has 0 aliphatic heterocycles. The number of furan rings is 1. The second kappa shape index (κ2) is 15.8. The molecule has 0 saturated heterocycles. The molecule has 0 amide bonds. The fourth-order valence-electron chi connectivity index (χ4n) is 10.7. The zero-order valence-electron chi connectivity index (χ0n) is 33.4. The van der Waals surface area contributed by atoms with Crippen LogP contribution in [0.15, 0.2) is 199 Å². The lowest BCUT2D eigenvalue weighted by molar-refractivity contribution is 0.221. The Labute approximate surface area is 354 Å². The Balaban J connectivity index is 0.00000433. The quantitative estimate of drug-likeness (QED) is 0.153. The number of fused-ring (bicyclic) bond motifs is 4. The molecule has 0 radical (unpaired) electrons. The van der Waals surface area contributed by atoms with Gasteiger partial charge >= 0.3 is 0 Å². The highest BCUT2D eigenvalue weighted by Crippen LogP contribution is 2.54. The van der Waals surface area contributed by atoms with Crippen LogP contribution in [0.4, 0.5) is 17.1 Å². The first kappa shape index (κ1) is 37.6. The van der Waals surface area contributed by atoms with Gasteiger partial charge in [-0.15, -0.1) is 0 Å². The summed E-state index contributed by atoms with van der Waals surface area (Å²) < 4.78 is 6.37. The summed E-state index contributed by atoms with van der Waals surface area (Å²) in [5.74, 6) is 0.846. The SMILES string of the molecule is C.c1ccc(-c2ccc(N(c3ccc4oc5ccccc5c4c3)c3ccc(-c4ccc(C56CCCCC5CCC6)cc4)cc3-c3ccccc3)c(-c3ccccc3)c2)cc1. The van der Waals surface area contributed by atoms with E-state index in [1.165, 1.54) is 83.9 Å². The summed E-state index contributed by atoms with van der Waals surface area (Å²) in [6.07, 6.45) is 9.61. The minimum atomic E-state index is 0. The molecular formula is C58H51NO. The summed E-state index contributed by atoms with van der Waals surface area (Å²) >= 11 is 0. The van der Waals surface area contributed by atoms with Crippen molar-refractivity contribution in [2.24, 2.45) is 5.92 Å². The van der Waals surface area contributed by atoms with Gasteiger partial charge in [0.25, 0.3) is 0 Å². The lowest BCUT2D eigenvalue weighted by Gasteiger charge is -2.40. The highest BCUT2D eigenvalue weighted by atomic mass is 16.3. The van der Waals surface area contributed by atoms with Crippen molar-refractivity contribution in [3.63, 3.8) is 0 Å². The minimum Gasteiger partial charge on any atom is -0.456 e. The molecule has 0 N–H and O–H groups in total. The highest BCUT2D eigenvalue weighted by Gasteiger charge is 2.45. The third-order valence-corrected chi connectivity index (χ3v) is 13.5. The Morgan fingerprint density at radius 2 is 0.933 bits per heavy atom. The molecule has 2 fully saturated rings. The van der Waals surface area contributed by atoms with Crippen LogP contribution < -0.4 is 4.90 Å². The van der Waals surface area contributed by atoms with Gasteiger partial charge in [-0.3, -0.25) is 0 Å². The number of hydrogen-bond donors (Lipinski definition) is 0. The predicted octanol–water partition coefficient (Wildman–Crippen LogP) is 17.0. The predicted molar refractivity (Wildman–Crippen MR) is 254 cm³/mol. The van der Waals surface area contributed by atoms with Crippen molar-refractivity contribution in [2.45, 2.75) is 57.8 Å². The van der Waals surface area contributed by atoms with E-state index in [4.69, 9.17) is 4.42 Å². The molecule has 2 unspecified atom stereocenters. The zero-order valence-corrected chi connectivity index (χ0v) is 33.4. The van der Waals surface area contributed by atoms with Gasteiger partial charge in [-0.25, -0.2) is 0 Å². The molecule has 0 bridgehead atoms. The van der Waals surface area contributed by atoms with Crippen LogP contribution in [0.5, 0.6) is 0 Å². The van der Waals surface area contributed by atoms with Crippen LogP contribution in [0.1, 0.15) is 57.9 Å². The van der Waals surface area contributed by atoms with Crippen LogP contribution >= 0.6 is 0 Å². The largest absolute Gasteiger partial charge is 0.456 e. The summed E-state index contributed by atoms with van der Waals surface area (Å²) in [5, 5.41) is 2.22. The van der Waals surface area contributed by atoms with Crippen LogP contribution in [0.3, 0.4) is 0 Å². The Morgan fingerprint density at radius 3 is 1.58 bits per heavy atom. The smallest absolute Gasteiger partial charge is 0.135 e. The first-order valence-electron chi connectivity index (χ1n) is 21.5. The molecule has 8 aromatic carbocycles. The maximum atomic E-state index is 6.37. The lowest BCUT2D eigenvalue weighted by atomic mass is 9.64. The fraction of sp³-hybridized carbons (Fsp3) is 0.172. The molecule has 2 heteroatoms. The van der Waals surface area contributed by atoms with Crippen LogP contribution in [0.25, 0.3) is 66.4 Å². The van der Waals surface area contributed by atoms with Gasteiger partial charge in [-0.1, -0.05) is 172 Å². The van der Waals surface area contributed by atoms with Crippen molar-refractivity contribution in [1.29, 1.82) is 0 Å². The van der Waals surface area contributed by atoms with Crippen molar-refractivity contribution in [1.82, 2.24) is 0 Å². The van der Waals surface area contributed by atoms with Crippen LogP contribution in [-0.2, 0) is 5.41 Å². The summed E-state index contributed by atoms with van der Waals surface area (Å²) in [4.78, 5) is 2.47. The Morgan fingerprint density at radius 1 is 0.417 bits per heavy atom. The van der Waals surface area contributed by atoms with Gasteiger partial charge in [0.15, 0.2) is 0 Å². The van der Waals surface area contributed by atoms with Crippen molar-refractivity contribution in [3.05, 3.63) is 200 Å². The van der Waals surface area contributed by atoms with E-state index < -0.39 is 0 Å². The summed E-state index contributed by atoms with van der Waals surface area (Å²) in [5.41, 5.74) is 16.6. The molecule has 2 nitrogen and oxygen atoms in total. The van der Waals surface area contributed by atoms with Gasteiger partial charge in [0.2, 0.25) is 0 Å². The van der Waals surface area contributed by atoms with E-state index in [9.17, 15) is 0 Å². The molecule has 9 aromatic rings. The average molecular weight is 778 g/mol. The molecule has 2 aliphatic carbocycles. The summed E-state index contributed by atoms with van der Waals surface area (Å²) in [7, 11) is 0. The van der Waals surface area contributed by atoms with E-state index >= 15 is 0 Å². The fourth-order valence-corrected chi connectivity index (χ4v) is 10.7. The Bertz CT molecular complexity index is 2910. The molecule has 11 rings (SSSR count). The number of benzene rings is 8. The molecule has 60 heavy (non-hydrogen) atoms. The first-order chi connectivity index (χ1) is 29.2. The van der Waals surface area contributed by atoms with Crippen molar-refractivity contribution >= 4 is 39.0 Å². The number of anilines is 3. The van der Waals surface area contributed by atoms with Crippen LogP contribution in [0.2, 0.25) is 0 Å². The molecule has 2 aliphatic rings. The van der Waals surface area contributed by atoms with Crippen LogP contribution in [-0.4, -0.2) is 0 Å². The Kier molecular flexibility index (Phi) is 9.94. The normalized spacial score (nSPS) is 17.3. The van der Waals surface area contributed by atoms with Crippen LogP contribution in [0, 0.1) is 5.92 Å². The third kappa shape index (κ3) is 6.61. The van der Waals surface area contributed by atoms with E-state index in [2.05, 4.69) is 193 Å². The topological polar surface area (TPSA) is 16.4 Å². The first-order valence-corrected chi connectivity index (χ1v) is 21.5. The third-order valence-electron chi connectivity index (χ3n) is 13.5. The number of hydrogen-bond acceptors (Lipinski definition) is 2. The highest BCUT2D eigenvalue weighted by molar-refractivity contribution is 6.07. The maximum absolute atomic E-state index is 6.37. The van der Waals surface area contributed by atoms with Gasteiger partial charge in [-0.2, -0.15) is 0 Å². The van der Waals surface area contributed by atoms with E-state index in [-0.39, 0.29) is 7.43 Å². The molecule has 1 aromatic heterocycles. The number of nitrogens with zero attached hydrogens (tertiary/aromatic N) is 1. The average Bonchev–Trinajstić information content (AvgIpc) is 3.93. The molecular weight excluding hydrogens is 727 g/mol. The van der Waals surface area contributed by atoms with Gasteiger partial charge < -0.3 is 9.32 Å². The number of para-hydroxylation sites is 1. The zero-order chi connectivity index (χ0) is 39.2. The van der Waals surface area contributed by atoms with E-state index in [1.54, 1.807) is 5.56 Å². The molecule has 2 saturated carbocycles. The van der Waals surface area contributed by atoms with E-state index in [1.807, 2.05) is 6.07 Å². The maximum Gasteiger partial charge on any atom is 0.135 e. The van der Waals surface area contributed by atoms with Gasteiger partial charge in [-0.05, 0) is 124 Å². The summed E-state index contributed by atoms with van der Waals surface area (Å²) in [6.45, 7) is 0. The van der Waals surface area contributed by atoms with E-state index in [0.717, 1.165) is 50.5 Å². The molecule has 1 heterocycles. The standard InChI is InChI=1S/C57H47NO.CH4/c1-4-15-40(16-5-1)44-27-32-53(50(37-44)42-17-6-2-7-18-42)58(48-31-34-56-52(39-48)49-23-10-11-24-55(49)59-56)54-33-28-45(38-51(54)43-19-8-3-9-20-43)41-25-29-47(30-26-41)57-35-13-12-21-46(57)22-14-36-57;/h1-11,15-20,23-34,37-39,46H,12-14,21-22,35-36H2;1H4. The van der Waals surface area contributed by atoms with Crippen molar-refractivity contribution in [2.75, 3.05) is 4.90 Å². The van der Waals surface area contributed by atoms with Crippen molar-refractivity contribution in [3.8, 4) is 44.5 Å². The second-order valence-corrected chi connectivity index (χ2v) is 16.7. The van der Waals surface area contributed by atoms with Gasteiger partial charge in [0, 0.05) is 27.6 Å². The molecule has 0 spiro atoms. The monoisotopic (exact) mass is 777 g/mol. The summed E-state index contributed by atoms with van der Waals surface area (Å²) in [6, 6.07) is 71.2. The lowest BCUT2D eigenvalue weighted by Crippen LogP contribution is -2.33. The van der Waals surface area contributed by atoms with E-state index in [0.29, 0.717) is 5.41 Å².